The number of hydrogen-bond donors (Lipinski definition) is 0. The van der Waals surface area contributed by atoms with Crippen molar-refractivity contribution in [3.8, 4) is 0 Å². The average molecular weight is 1040 g/mol. The van der Waals surface area contributed by atoms with Crippen LogP contribution in [0, 0.1) is 0 Å². The summed E-state index contributed by atoms with van der Waals surface area (Å²) in [6, 6.07) is 0. The summed E-state index contributed by atoms with van der Waals surface area (Å²) in [7, 11) is 0. The van der Waals surface area contributed by atoms with E-state index in [4.69, 9.17) is 14.2 Å². The van der Waals surface area contributed by atoms with Gasteiger partial charge in [-0.1, -0.05) is 271 Å². The summed E-state index contributed by atoms with van der Waals surface area (Å²) >= 11 is 0. The zero-order valence-electron chi connectivity index (χ0n) is 48.8. The Balaban J connectivity index is 4.06. The Morgan fingerprint density at radius 1 is 0.280 bits per heavy atom. The molecule has 0 aromatic carbocycles. The molecule has 0 saturated carbocycles. The van der Waals surface area contributed by atoms with Gasteiger partial charge < -0.3 is 14.2 Å². The number of carbonyl (C=O) groups excluding carboxylic acids is 3. The second-order valence-electron chi connectivity index (χ2n) is 20.2. The summed E-state index contributed by atoms with van der Waals surface area (Å²) < 4.78 is 16.8. The van der Waals surface area contributed by atoms with Crippen molar-refractivity contribution < 1.29 is 28.6 Å². The first-order valence-electron chi connectivity index (χ1n) is 31.0. The third-order valence-corrected chi connectivity index (χ3v) is 13.0. The van der Waals surface area contributed by atoms with Crippen molar-refractivity contribution in [1.29, 1.82) is 0 Å². The Labute approximate surface area is 462 Å². The molecular formula is C69H114O6. The summed E-state index contributed by atoms with van der Waals surface area (Å²) in [6.45, 7) is 6.33. The van der Waals surface area contributed by atoms with Gasteiger partial charge in [0.2, 0.25) is 0 Å². The van der Waals surface area contributed by atoms with Crippen LogP contribution in [0.2, 0.25) is 0 Å². The molecule has 0 rings (SSSR count). The Bertz CT molecular complexity index is 1570. The standard InChI is InChI=1S/C69H114O6/c1-4-7-10-13-15-17-19-21-23-25-27-29-30-31-32-33-34-35-36-37-38-40-41-43-45-47-49-51-53-56-59-62-68(71)74-65-66(64-73-67(70)61-58-55-12-9-6-3)75-69(72)63-60-57-54-52-50-48-46-44-42-39-28-26-24-22-20-18-16-14-11-8-5-2/h7-8,10-11,15-18,21-24,27-29,31-32,34-35,39,66H,4-6,9,12-14,19-20,25-26,30,33,36-38,40-65H2,1-3H3/b10-7-,11-8-,17-15-,18-16-,23-21-,24-22-,29-27-,32-31-,35-34-,39-28-. The van der Waals surface area contributed by atoms with Crippen molar-refractivity contribution in [3.05, 3.63) is 122 Å². The largest absolute Gasteiger partial charge is 0.462 e. The van der Waals surface area contributed by atoms with Crippen molar-refractivity contribution in [2.45, 2.75) is 284 Å². The van der Waals surface area contributed by atoms with Crippen LogP contribution in [0.4, 0.5) is 0 Å². The number of carbonyl (C=O) groups is 3. The van der Waals surface area contributed by atoms with Crippen LogP contribution in [0.3, 0.4) is 0 Å². The van der Waals surface area contributed by atoms with E-state index in [1.54, 1.807) is 0 Å². The molecule has 1 atom stereocenters. The highest BCUT2D eigenvalue weighted by Crippen LogP contribution is 2.16. The van der Waals surface area contributed by atoms with Crippen LogP contribution in [0.5, 0.6) is 0 Å². The molecule has 0 spiro atoms. The fourth-order valence-electron chi connectivity index (χ4n) is 8.38. The van der Waals surface area contributed by atoms with Gasteiger partial charge in [0.25, 0.3) is 0 Å². The van der Waals surface area contributed by atoms with Crippen LogP contribution >= 0.6 is 0 Å². The van der Waals surface area contributed by atoms with Gasteiger partial charge in [-0.3, -0.25) is 14.4 Å². The van der Waals surface area contributed by atoms with E-state index in [-0.39, 0.29) is 31.1 Å². The zero-order chi connectivity index (χ0) is 54.3. The molecule has 0 bridgehead atoms. The monoisotopic (exact) mass is 1040 g/mol. The first-order chi connectivity index (χ1) is 37.0. The first kappa shape index (κ1) is 70.8. The van der Waals surface area contributed by atoms with Gasteiger partial charge in [-0.2, -0.15) is 0 Å². The lowest BCUT2D eigenvalue weighted by Gasteiger charge is -2.18. The lowest BCUT2D eigenvalue weighted by molar-refractivity contribution is -0.167. The maximum absolute atomic E-state index is 12.8. The van der Waals surface area contributed by atoms with E-state index in [0.717, 1.165) is 135 Å². The molecule has 0 N–H and O–H groups in total. The fraction of sp³-hybridized carbons (Fsp3) is 0.667. The number of esters is 3. The van der Waals surface area contributed by atoms with Crippen LogP contribution in [-0.2, 0) is 28.6 Å². The highest BCUT2D eigenvalue weighted by molar-refractivity contribution is 5.71. The van der Waals surface area contributed by atoms with Gasteiger partial charge in [0, 0.05) is 19.3 Å². The molecule has 426 valence electrons. The number of allylic oxidation sites excluding steroid dienone is 20. The van der Waals surface area contributed by atoms with Gasteiger partial charge in [0.15, 0.2) is 6.10 Å². The molecule has 6 heteroatoms. The highest BCUT2D eigenvalue weighted by atomic mass is 16.6. The van der Waals surface area contributed by atoms with Gasteiger partial charge in [0.1, 0.15) is 13.2 Å². The first-order valence-corrected chi connectivity index (χ1v) is 31.0. The van der Waals surface area contributed by atoms with Crippen molar-refractivity contribution in [2.24, 2.45) is 0 Å². The molecule has 1 unspecified atom stereocenters. The minimum Gasteiger partial charge on any atom is -0.462 e. The SMILES string of the molecule is CC/C=C\C/C=C\C/C=C\C/C=C\C/C=C\C/C=C\CCCCCCCCCCCCCCC(=O)OCC(COC(=O)CCCCCCC)OC(=O)CCCCCCCCCC/C=C\C/C=C\C/C=C\C/C=C\CC. The van der Waals surface area contributed by atoms with E-state index in [0.29, 0.717) is 19.3 Å². The van der Waals surface area contributed by atoms with Gasteiger partial charge in [-0.15, -0.1) is 0 Å². The third-order valence-electron chi connectivity index (χ3n) is 13.0. The summed E-state index contributed by atoms with van der Waals surface area (Å²) in [6.07, 6.45) is 86.8. The van der Waals surface area contributed by atoms with E-state index in [9.17, 15) is 14.4 Å². The average Bonchev–Trinajstić information content (AvgIpc) is 3.41. The highest BCUT2D eigenvalue weighted by Gasteiger charge is 2.19. The zero-order valence-corrected chi connectivity index (χ0v) is 48.8. The summed E-state index contributed by atoms with van der Waals surface area (Å²) in [5.41, 5.74) is 0. The van der Waals surface area contributed by atoms with Crippen molar-refractivity contribution >= 4 is 17.9 Å². The Morgan fingerprint density at radius 2 is 0.520 bits per heavy atom. The van der Waals surface area contributed by atoms with Gasteiger partial charge in [0.05, 0.1) is 0 Å². The summed E-state index contributed by atoms with van der Waals surface area (Å²) in [5, 5.41) is 0. The Kier molecular flexibility index (Phi) is 58.9. The maximum Gasteiger partial charge on any atom is 0.306 e. The molecule has 6 nitrogen and oxygen atoms in total. The molecule has 0 amide bonds. The minimum atomic E-state index is -0.782. The van der Waals surface area contributed by atoms with Gasteiger partial charge in [-0.25, -0.2) is 0 Å². The minimum absolute atomic E-state index is 0.0832. The molecule has 0 fully saturated rings. The van der Waals surface area contributed by atoms with E-state index < -0.39 is 6.10 Å². The molecule has 0 aromatic heterocycles. The maximum atomic E-state index is 12.8. The molecule has 0 aliphatic carbocycles. The van der Waals surface area contributed by atoms with Gasteiger partial charge in [-0.05, 0) is 109 Å². The van der Waals surface area contributed by atoms with Crippen LogP contribution in [-0.4, -0.2) is 37.2 Å². The molecule has 0 aliphatic heterocycles. The van der Waals surface area contributed by atoms with E-state index in [1.165, 1.54) is 103 Å². The third kappa shape index (κ3) is 60.6. The number of unbranched alkanes of at least 4 members (excludes halogenated alkanes) is 24. The normalized spacial score (nSPS) is 12.9. The van der Waals surface area contributed by atoms with Crippen molar-refractivity contribution in [2.75, 3.05) is 13.2 Å². The quantitative estimate of drug-likeness (QED) is 0.0261. The molecular weight excluding hydrogens is 925 g/mol. The summed E-state index contributed by atoms with van der Waals surface area (Å²) in [5.74, 6) is -0.905. The lowest BCUT2D eigenvalue weighted by atomic mass is 10.0. The topological polar surface area (TPSA) is 78.9 Å². The second-order valence-corrected chi connectivity index (χ2v) is 20.2. The molecule has 0 saturated heterocycles. The van der Waals surface area contributed by atoms with Crippen LogP contribution in [0.1, 0.15) is 278 Å². The van der Waals surface area contributed by atoms with Crippen molar-refractivity contribution in [3.63, 3.8) is 0 Å². The lowest BCUT2D eigenvalue weighted by Crippen LogP contribution is -2.30. The van der Waals surface area contributed by atoms with Crippen LogP contribution < -0.4 is 0 Å². The molecule has 0 aliphatic rings. The predicted octanol–water partition coefficient (Wildman–Crippen LogP) is 21.2. The fourth-order valence-corrected chi connectivity index (χ4v) is 8.38. The summed E-state index contributed by atoms with van der Waals surface area (Å²) in [4.78, 5) is 37.9. The molecule has 75 heavy (non-hydrogen) atoms. The number of hydrogen-bond acceptors (Lipinski definition) is 6. The van der Waals surface area contributed by atoms with Crippen LogP contribution in [0.15, 0.2) is 122 Å². The predicted molar refractivity (Wildman–Crippen MR) is 325 cm³/mol. The molecule has 0 aromatic rings. The van der Waals surface area contributed by atoms with Crippen molar-refractivity contribution in [1.82, 2.24) is 0 Å². The Hall–Kier alpha value is -4.19. The smallest absolute Gasteiger partial charge is 0.306 e. The van der Waals surface area contributed by atoms with Gasteiger partial charge >= 0.3 is 17.9 Å². The van der Waals surface area contributed by atoms with Crippen LogP contribution in [0.25, 0.3) is 0 Å². The molecule has 0 heterocycles. The van der Waals surface area contributed by atoms with E-state index in [1.807, 2.05) is 0 Å². The van der Waals surface area contributed by atoms with E-state index >= 15 is 0 Å². The second kappa shape index (κ2) is 62.4. The number of rotatable bonds is 55. The molecule has 0 radical (unpaired) electrons. The number of ether oxygens (including phenoxy) is 3. The Morgan fingerprint density at radius 3 is 0.813 bits per heavy atom. The van der Waals surface area contributed by atoms with E-state index in [2.05, 4.69) is 142 Å².